The van der Waals surface area contributed by atoms with Gasteiger partial charge in [0, 0.05) is 33.4 Å². The number of urea groups is 1. The van der Waals surface area contributed by atoms with Gasteiger partial charge < -0.3 is 19.7 Å². The van der Waals surface area contributed by atoms with E-state index in [0.29, 0.717) is 13.2 Å². The molecule has 1 fully saturated rings. The van der Waals surface area contributed by atoms with Crippen molar-refractivity contribution in [3.63, 3.8) is 0 Å². The Balaban J connectivity index is 1.85. The highest BCUT2D eigenvalue weighted by Gasteiger charge is 2.16. The Labute approximate surface area is 103 Å². The fourth-order valence-corrected chi connectivity index (χ4v) is 1.80. The van der Waals surface area contributed by atoms with Gasteiger partial charge in [-0.1, -0.05) is 0 Å². The van der Waals surface area contributed by atoms with E-state index in [4.69, 9.17) is 9.47 Å². The molecule has 0 aromatic rings. The minimum atomic E-state index is 0.0859. The van der Waals surface area contributed by atoms with Gasteiger partial charge in [0.05, 0.1) is 13.2 Å². The highest BCUT2D eigenvalue weighted by molar-refractivity contribution is 5.74. The van der Waals surface area contributed by atoms with Gasteiger partial charge in [-0.3, -0.25) is 0 Å². The average Bonchev–Trinajstić information content (AvgIpc) is 2.86. The summed E-state index contributed by atoms with van der Waals surface area (Å²) in [6.45, 7) is 4.59. The van der Waals surface area contributed by atoms with Crippen LogP contribution in [0.5, 0.6) is 0 Å². The maximum atomic E-state index is 11.6. The lowest BCUT2D eigenvalue weighted by Crippen LogP contribution is -2.38. The molecule has 0 atom stereocenters. The number of carbonyl (C=O) groups is 1. The van der Waals surface area contributed by atoms with Crippen LogP contribution in [0.1, 0.15) is 25.7 Å². The molecule has 1 aliphatic heterocycles. The molecule has 1 N–H and O–H groups in total. The van der Waals surface area contributed by atoms with Gasteiger partial charge in [0.15, 0.2) is 0 Å². The summed E-state index contributed by atoms with van der Waals surface area (Å²) >= 11 is 0. The number of likely N-dealkylation sites (tertiary alicyclic amines) is 1. The van der Waals surface area contributed by atoms with E-state index >= 15 is 0 Å². The van der Waals surface area contributed by atoms with E-state index in [0.717, 1.165) is 51.9 Å². The predicted molar refractivity (Wildman–Crippen MR) is 66.1 cm³/mol. The number of nitrogens with zero attached hydrogens (tertiary/aromatic N) is 1. The molecule has 5 nitrogen and oxygen atoms in total. The lowest BCUT2D eigenvalue weighted by molar-refractivity contribution is 0.0688. The molecular weight excluding hydrogens is 220 g/mol. The first-order chi connectivity index (χ1) is 8.34. The molecule has 5 heteroatoms. The van der Waals surface area contributed by atoms with Crippen molar-refractivity contribution in [1.82, 2.24) is 10.2 Å². The summed E-state index contributed by atoms with van der Waals surface area (Å²) in [5, 5.41) is 2.93. The van der Waals surface area contributed by atoms with Crippen molar-refractivity contribution in [2.75, 3.05) is 46.6 Å². The van der Waals surface area contributed by atoms with Gasteiger partial charge in [-0.25, -0.2) is 4.79 Å². The van der Waals surface area contributed by atoms with E-state index < -0.39 is 0 Å². The second-order valence-electron chi connectivity index (χ2n) is 4.24. The van der Waals surface area contributed by atoms with Gasteiger partial charge in [-0.05, 0) is 25.7 Å². The third-order valence-electron chi connectivity index (χ3n) is 2.82. The topological polar surface area (TPSA) is 50.8 Å². The number of rotatable bonds is 8. The highest BCUT2D eigenvalue weighted by atomic mass is 16.5. The van der Waals surface area contributed by atoms with Crippen LogP contribution < -0.4 is 5.32 Å². The Morgan fingerprint density at radius 2 is 1.94 bits per heavy atom. The molecule has 1 saturated heterocycles. The maximum Gasteiger partial charge on any atom is 0.317 e. The minimum absolute atomic E-state index is 0.0859. The predicted octanol–water partition coefficient (Wildman–Crippen LogP) is 1.24. The van der Waals surface area contributed by atoms with Crippen molar-refractivity contribution in [3.8, 4) is 0 Å². The van der Waals surface area contributed by atoms with Crippen molar-refractivity contribution < 1.29 is 14.3 Å². The second-order valence-corrected chi connectivity index (χ2v) is 4.24. The summed E-state index contributed by atoms with van der Waals surface area (Å²) in [5.74, 6) is 0. The van der Waals surface area contributed by atoms with E-state index in [-0.39, 0.29) is 6.03 Å². The van der Waals surface area contributed by atoms with Crippen LogP contribution in [0.4, 0.5) is 4.79 Å². The van der Waals surface area contributed by atoms with Gasteiger partial charge in [0.25, 0.3) is 0 Å². The fraction of sp³-hybridized carbons (Fsp3) is 0.917. The SMILES string of the molecule is COCCOCCCCNC(=O)N1CCCC1. The summed E-state index contributed by atoms with van der Waals surface area (Å²) < 4.78 is 10.2. The van der Waals surface area contributed by atoms with E-state index in [2.05, 4.69) is 5.32 Å². The van der Waals surface area contributed by atoms with Crippen LogP contribution in [-0.2, 0) is 9.47 Å². The molecule has 1 rings (SSSR count). The molecular formula is C12H24N2O3. The van der Waals surface area contributed by atoms with Crippen molar-refractivity contribution >= 4 is 6.03 Å². The fourth-order valence-electron chi connectivity index (χ4n) is 1.80. The van der Waals surface area contributed by atoms with Gasteiger partial charge in [0.1, 0.15) is 0 Å². The molecule has 0 spiro atoms. The number of amides is 2. The first-order valence-electron chi connectivity index (χ1n) is 6.44. The van der Waals surface area contributed by atoms with Crippen molar-refractivity contribution in [2.45, 2.75) is 25.7 Å². The zero-order valence-corrected chi connectivity index (χ0v) is 10.7. The molecule has 0 aromatic carbocycles. The average molecular weight is 244 g/mol. The molecule has 0 bridgehead atoms. The second kappa shape index (κ2) is 9.24. The quantitative estimate of drug-likeness (QED) is 0.653. The summed E-state index contributed by atoms with van der Waals surface area (Å²) in [6.07, 6.45) is 4.22. The normalized spacial score (nSPS) is 15.2. The smallest absolute Gasteiger partial charge is 0.317 e. The molecule has 1 heterocycles. The van der Waals surface area contributed by atoms with Gasteiger partial charge >= 0.3 is 6.03 Å². The largest absolute Gasteiger partial charge is 0.382 e. The lowest BCUT2D eigenvalue weighted by Gasteiger charge is -2.15. The zero-order chi connectivity index (χ0) is 12.3. The van der Waals surface area contributed by atoms with E-state index in [1.54, 1.807) is 7.11 Å². The van der Waals surface area contributed by atoms with Crippen LogP contribution >= 0.6 is 0 Å². The number of hydrogen-bond acceptors (Lipinski definition) is 3. The lowest BCUT2D eigenvalue weighted by atomic mass is 10.3. The zero-order valence-electron chi connectivity index (χ0n) is 10.7. The van der Waals surface area contributed by atoms with Crippen LogP contribution in [0.2, 0.25) is 0 Å². The minimum Gasteiger partial charge on any atom is -0.382 e. The van der Waals surface area contributed by atoms with Crippen LogP contribution in [0.3, 0.4) is 0 Å². The molecule has 0 aromatic heterocycles. The van der Waals surface area contributed by atoms with Crippen LogP contribution in [0.15, 0.2) is 0 Å². The molecule has 100 valence electrons. The number of methoxy groups -OCH3 is 1. The molecule has 0 unspecified atom stereocenters. The molecule has 1 aliphatic rings. The van der Waals surface area contributed by atoms with Crippen molar-refractivity contribution in [3.05, 3.63) is 0 Å². The van der Waals surface area contributed by atoms with E-state index in [9.17, 15) is 4.79 Å². The number of carbonyl (C=O) groups excluding carboxylic acids is 1. The maximum absolute atomic E-state index is 11.6. The first kappa shape index (κ1) is 14.3. The Morgan fingerprint density at radius 1 is 1.18 bits per heavy atom. The van der Waals surface area contributed by atoms with Crippen molar-refractivity contribution in [2.24, 2.45) is 0 Å². The Bertz CT molecular complexity index is 206. The van der Waals surface area contributed by atoms with Gasteiger partial charge in [0.2, 0.25) is 0 Å². The summed E-state index contributed by atoms with van der Waals surface area (Å²) in [4.78, 5) is 13.5. The van der Waals surface area contributed by atoms with E-state index in [1.807, 2.05) is 4.90 Å². The molecule has 0 saturated carbocycles. The standard InChI is InChI=1S/C12H24N2O3/c1-16-10-11-17-9-5-2-6-13-12(15)14-7-3-4-8-14/h2-11H2,1H3,(H,13,15). The molecule has 0 aliphatic carbocycles. The molecule has 2 amide bonds. The molecule has 17 heavy (non-hydrogen) atoms. The molecule has 0 radical (unpaired) electrons. The van der Waals surface area contributed by atoms with Gasteiger partial charge in [-0.2, -0.15) is 0 Å². The number of hydrogen-bond donors (Lipinski definition) is 1. The highest BCUT2D eigenvalue weighted by Crippen LogP contribution is 2.06. The van der Waals surface area contributed by atoms with Crippen molar-refractivity contribution in [1.29, 1.82) is 0 Å². The van der Waals surface area contributed by atoms with Gasteiger partial charge in [-0.15, -0.1) is 0 Å². The number of unbranched alkanes of at least 4 members (excludes halogenated alkanes) is 1. The van der Waals surface area contributed by atoms with E-state index in [1.165, 1.54) is 0 Å². The summed E-state index contributed by atoms with van der Waals surface area (Å²) in [5.41, 5.74) is 0. The van der Waals surface area contributed by atoms with Crippen LogP contribution in [-0.4, -0.2) is 57.5 Å². The Hall–Kier alpha value is -0.810. The third-order valence-corrected chi connectivity index (χ3v) is 2.82. The van der Waals surface area contributed by atoms with Crippen LogP contribution in [0.25, 0.3) is 0 Å². The number of ether oxygens (including phenoxy) is 2. The Morgan fingerprint density at radius 3 is 2.65 bits per heavy atom. The van der Waals surface area contributed by atoms with Crippen LogP contribution in [0, 0.1) is 0 Å². The Kier molecular flexibility index (Phi) is 7.75. The third kappa shape index (κ3) is 6.48. The first-order valence-corrected chi connectivity index (χ1v) is 6.44. The summed E-state index contributed by atoms with van der Waals surface area (Å²) in [7, 11) is 1.66. The monoisotopic (exact) mass is 244 g/mol. The number of nitrogens with one attached hydrogen (secondary N) is 1. The summed E-state index contributed by atoms with van der Waals surface area (Å²) in [6, 6.07) is 0.0859.